The fourth-order valence-electron chi connectivity index (χ4n) is 1.94. The number of pyridine rings is 1. The number of nitrogens with one attached hydrogen (secondary N) is 1. The smallest absolute Gasteiger partial charge is 0.407 e. The van der Waals surface area contributed by atoms with Crippen molar-refractivity contribution in [1.82, 2.24) is 10.3 Å². The number of aromatic nitrogens is 1. The molecule has 1 aromatic heterocycles. The number of nitrogens with zero attached hydrogens (tertiary/aromatic N) is 1. The number of carbonyl (C=O) groups is 2. The number of carboxylic acid groups (broad SMARTS) is 1. The van der Waals surface area contributed by atoms with Gasteiger partial charge in [-0.3, -0.25) is 0 Å². The van der Waals surface area contributed by atoms with E-state index < -0.39 is 12.1 Å². The molecule has 1 amide bonds. The molecule has 2 N–H and O–H groups in total. The fraction of sp³-hybridized carbons (Fsp3) is 0.167. The van der Waals surface area contributed by atoms with Crippen molar-refractivity contribution in [2.24, 2.45) is 0 Å². The molecule has 0 radical (unpaired) electrons. The van der Waals surface area contributed by atoms with Gasteiger partial charge >= 0.3 is 12.1 Å². The van der Waals surface area contributed by atoms with Crippen LogP contribution >= 0.6 is 11.6 Å². The number of carbonyl (C=O) groups excluding carboxylic acids is 1. The van der Waals surface area contributed by atoms with Crippen LogP contribution < -0.4 is 5.32 Å². The van der Waals surface area contributed by atoms with Gasteiger partial charge in [0.1, 0.15) is 11.8 Å². The summed E-state index contributed by atoms with van der Waals surface area (Å²) in [6.45, 7) is 0.597. The quantitative estimate of drug-likeness (QED) is 0.579. The molecule has 1 heterocycles. The molecular weight excluding hydrogens is 344 g/mol. The number of carboxylic acids is 1. The van der Waals surface area contributed by atoms with Gasteiger partial charge < -0.3 is 15.2 Å². The molecule has 7 heteroatoms. The van der Waals surface area contributed by atoms with E-state index in [2.05, 4.69) is 10.3 Å². The lowest BCUT2D eigenvalue weighted by atomic mass is 10.2. The number of rotatable bonds is 7. The first-order valence-electron chi connectivity index (χ1n) is 7.56. The van der Waals surface area contributed by atoms with Gasteiger partial charge in [-0.15, -0.1) is 0 Å². The topological polar surface area (TPSA) is 88.5 Å². The molecule has 0 atom stereocenters. The van der Waals surface area contributed by atoms with Crippen molar-refractivity contribution in [3.63, 3.8) is 0 Å². The van der Waals surface area contributed by atoms with Gasteiger partial charge in [-0.25, -0.2) is 14.6 Å². The highest BCUT2D eigenvalue weighted by Gasteiger charge is 2.06. The van der Waals surface area contributed by atoms with Gasteiger partial charge in [-0.1, -0.05) is 54.1 Å². The highest BCUT2D eigenvalue weighted by molar-refractivity contribution is 6.30. The van der Waals surface area contributed by atoms with Crippen LogP contribution in [0.1, 0.15) is 27.9 Å². The number of amides is 1. The van der Waals surface area contributed by atoms with Crippen LogP contribution in [0.2, 0.25) is 5.15 Å². The van der Waals surface area contributed by atoms with Crippen molar-refractivity contribution in [2.45, 2.75) is 13.0 Å². The second-order valence-electron chi connectivity index (χ2n) is 5.09. The Hall–Kier alpha value is -2.86. The standard InChI is InChI=1S/C18H17ClN2O4/c19-16-14(10-15(11-21-16)17(22)23)8-4-5-9-20-18(24)25-12-13-6-2-1-3-7-13/h1-4,6-8,10-11H,5,9,12H2,(H,20,24)(H,22,23). The first-order chi connectivity index (χ1) is 12.1. The Labute approximate surface area is 150 Å². The second kappa shape index (κ2) is 9.44. The van der Waals surface area contributed by atoms with E-state index in [0.29, 0.717) is 18.5 Å². The summed E-state index contributed by atoms with van der Waals surface area (Å²) >= 11 is 5.92. The predicted octanol–water partition coefficient (Wildman–Crippen LogP) is 3.76. The Morgan fingerprint density at radius 3 is 2.76 bits per heavy atom. The van der Waals surface area contributed by atoms with E-state index in [1.807, 2.05) is 30.3 Å². The summed E-state index contributed by atoms with van der Waals surface area (Å²) < 4.78 is 5.08. The fourth-order valence-corrected chi connectivity index (χ4v) is 2.11. The molecule has 25 heavy (non-hydrogen) atoms. The van der Waals surface area contributed by atoms with E-state index in [0.717, 1.165) is 5.56 Å². The lowest BCUT2D eigenvalue weighted by Gasteiger charge is -2.06. The normalized spacial score (nSPS) is 10.6. The van der Waals surface area contributed by atoms with Crippen LogP contribution in [0.4, 0.5) is 4.79 Å². The first-order valence-corrected chi connectivity index (χ1v) is 7.94. The van der Waals surface area contributed by atoms with E-state index in [4.69, 9.17) is 21.4 Å². The zero-order valence-electron chi connectivity index (χ0n) is 13.3. The summed E-state index contributed by atoms with van der Waals surface area (Å²) in [5, 5.41) is 11.8. The molecule has 0 bridgehead atoms. The van der Waals surface area contributed by atoms with Gasteiger partial charge in [0.05, 0.1) is 5.56 Å². The van der Waals surface area contributed by atoms with Crippen molar-refractivity contribution in [3.05, 3.63) is 70.5 Å². The zero-order chi connectivity index (χ0) is 18.1. The van der Waals surface area contributed by atoms with E-state index in [1.54, 1.807) is 12.2 Å². The molecule has 0 aliphatic rings. The van der Waals surface area contributed by atoms with Crippen LogP contribution in [0.15, 0.2) is 48.7 Å². The van der Waals surface area contributed by atoms with Gasteiger partial charge in [-0.2, -0.15) is 0 Å². The van der Waals surface area contributed by atoms with E-state index >= 15 is 0 Å². The molecule has 0 aliphatic carbocycles. The van der Waals surface area contributed by atoms with Gasteiger partial charge in [0.25, 0.3) is 0 Å². The summed E-state index contributed by atoms with van der Waals surface area (Å²) in [4.78, 5) is 26.3. The number of alkyl carbamates (subject to hydrolysis) is 1. The maximum atomic E-state index is 11.6. The summed E-state index contributed by atoms with van der Waals surface area (Å²) in [6.07, 6.45) is 4.68. The summed E-state index contributed by atoms with van der Waals surface area (Å²) in [5.41, 5.74) is 1.48. The Morgan fingerprint density at radius 2 is 2.04 bits per heavy atom. The SMILES string of the molecule is O=C(NCCC=Cc1cc(C(=O)O)cnc1Cl)OCc1ccccc1. The Balaban J connectivity index is 1.73. The van der Waals surface area contributed by atoms with Gasteiger partial charge in [-0.05, 0) is 18.1 Å². The summed E-state index contributed by atoms with van der Waals surface area (Å²) in [6, 6.07) is 10.8. The van der Waals surface area contributed by atoms with Crippen LogP contribution in [0.25, 0.3) is 6.08 Å². The average Bonchev–Trinajstić information content (AvgIpc) is 2.61. The molecule has 2 aromatic rings. The first kappa shape index (κ1) is 18.5. The maximum Gasteiger partial charge on any atom is 0.407 e. The largest absolute Gasteiger partial charge is 0.478 e. The molecule has 0 aliphatic heterocycles. The molecule has 0 fully saturated rings. The zero-order valence-corrected chi connectivity index (χ0v) is 14.1. The lowest BCUT2D eigenvalue weighted by molar-refractivity contribution is 0.0696. The molecule has 0 unspecified atom stereocenters. The third-order valence-electron chi connectivity index (χ3n) is 3.20. The average molecular weight is 361 g/mol. The van der Waals surface area contributed by atoms with Gasteiger partial charge in [0.15, 0.2) is 0 Å². The second-order valence-corrected chi connectivity index (χ2v) is 5.45. The number of hydrogen-bond donors (Lipinski definition) is 2. The van der Waals surface area contributed by atoms with Crippen molar-refractivity contribution in [2.75, 3.05) is 6.54 Å². The van der Waals surface area contributed by atoms with Crippen LogP contribution in [-0.2, 0) is 11.3 Å². The van der Waals surface area contributed by atoms with Crippen molar-refractivity contribution < 1.29 is 19.4 Å². The maximum absolute atomic E-state index is 11.6. The third-order valence-corrected chi connectivity index (χ3v) is 3.52. The van der Waals surface area contributed by atoms with Gasteiger partial charge in [0, 0.05) is 18.3 Å². The minimum Gasteiger partial charge on any atom is -0.478 e. The number of hydrogen-bond acceptors (Lipinski definition) is 4. The highest BCUT2D eigenvalue weighted by Crippen LogP contribution is 2.16. The minimum atomic E-state index is -1.07. The number of benzene rings is 1. The van der Waals surface area contributed by atoms with Crippen LogP contribution in [0.5, 0.6) is 0 Å². The van der Waals surface area contributed by atoms with Crippen LogP contribution in [0, 0.1) is 0 Å². The van der Waals surface area contributed by atoms with E-state index in [-0.39, 0.29) is 17.3 Å². The van der Waals surface area contributed by atoms with Crippen LogP contribution in [-0.4, -0.2) is 28.7 Å². The Bertz CT molecular complexity index is 763. The minimum absolute atomic E-state index is 0.0617. The van der Waals surface area contributed by atoms with Crippen LogP contribution in [0.3, 0.4) is 0 Å². The van der Waals surface area contributed by atoms with E-state index in [9.17, 15) is 9.59 Å². The highest BCUT2D eigenvalue weighted by atomic mass is 35.5. The van der Waals surface area contributed by atoms with Crippen molar-refractivity contribution in [3.8, 4) is 0 Å². The molecule has 6 nitrogen and oxygen atoms in total. The van der Waals surface area contributed by atoms with Crippen molar-refractivity contribution in [1.29, 1.82) is 0 Å². The molecule has 0 saturated heterocycles. The molecular formula is C18H17ClN2O4. The molecule has 130 valence electrons. The lowest BCUT2D eigenvalue weighted by Crippen LogP contribution is -2.24. The van der Waals surface area contributed by atoms with Crippen molar-refractivity contribution >= 4 is 29.7 Å². The van der Waals surface area contributed by atoms with E-state index in [1.165, 1.54) is 12.3 Å². The summed E-state index contributed by atoms with van der Waals surface area (Å²) in [5.74, 6) is -1.07. The Kier molecular flexibility index (Phi) is 6.98. The molecule has 2 rings (SSSR count). The number of halogens is 1. The predicted molar refractivity (Wildman–Crippen MR) is 94.5 cm³/mol. The molecule has 1 aromatic carbocycles. The Morgan fingerprint density at radius 1 is 1.28 bits per heavy atom. The monoisotopic (exact) mass is 360 g/mol. The summed E-state index contributed by atoms with van der Waals surface area (Å²) in [7, 11) is 0. The molecule has 0 spiro atoms. The number of ether oxygens (including phenoxy) is 1. The third kappa shape index (κ3) is 6.27. The molecule has 0 saturated carbocycles. The number of aromatic carboxylic acids is 1. The van der Waals surface area contributed by atoms with Gasteiger partial charge in [0.2, 0.25) is 0 Å².